The number of amides is 1. The zero-order valence-corrected chi connectivity index (χ0v) is 9.97. The van der Waals surface area contributed by atoms with Crippen LogP contribution in [0.4, 0.5) is 5.69 Å². The van der Waals surface area contributed by atoms with Crippen LogP contribution in [0.2, 0.25) is 0 Å². The van der Waals surface area contributed by atoms with Gasteiger partial charge in [0.05, 0.1) is 12.4 Å². The van der Waals surface area contributed by atoms with Gasteiger partial charge < -0.3 is 10.1 Å². The second kappa shape index (κ2) is 5.07. The van der Waals surface area contributed by atoms with Crippen LogP contribution in [0.25, 0.3) is 0 Å². The normalized spacial score (nSPS) is 12.0. The molecule has 0 heterocycles. The molecule has 1 amide bonds. The fraction of sp³-hybridized carbons (Fsp3) is 0.364. The molecule has 15 heavy (non-hydrogen) atoms. The Morgan fingerprint density at radius 1 is 1.53 bits per heavy atom. The third kappa shape index (κ3) is 3.16. The van der Waals surface area contributed by atoms with E-state index in [1.54, 1.807) is 14.0 Å². The fourth-order valence-electron chi connectivity index (χ4n) is 1.14. The van der Waals surface area contributed by atoms with Gasteiger partial charge in [0.2, 0.25) is 5.91 Å². The van der Waals surface area contributed by atoms with Crippen LogP contribution in [-0.4, -0.2) is 18.3 Å². The van der Waals surface area contributed by atoms with E-state index < -0.39 is 0 Å². The van der Waals surface area contributed by atoms with E-state index in [-0.39, 0.29) is 11.2 Å². The summed E-state index contributed by atoms with van der Waals surface area (Å²) in [5.74, 6) is 0.677. The molecule has 4 heteroatoms. The maximum absolute atomic E-state index is 11.4. The molecule has 0 aliphatic heterocycles. The Balaban J connectivity index is 2.83. The highest BCUT2D eigenvalue weighted by Gasteiger charge is 2.09. The minimum absolute atomic E-state index is 0.105. The molecule has 0 spiro atoms. The summed E-state index contributed by atoms with van der Waals surface area (Å²) in [7, 11) is 1.61. The molecule has 1 rings (SSSR count). The van der Waals surface area contributed by atoms with E-state index in [0.717, 1.165) is 17.0 Å². The van der Waals surface area contributed by atoms with Gasteiger partial charge in [0.15, 0.2) is 0 Å². The zero-order valence-electron chi connectivity index (χ0n) is 9.07. The Hall–Kier alpha value is -1.16. The molecule has 1 unspecified atom stereocenters. The average Bonchev–Trinajstić information content (AvgIpc) is 2.20. The first-order chi connectivity index (χ1) is 7.04. The highest BCUT2D eigenvalue weighted by Crippen LogP contribution is 2.21. The number of benzene rings is 1. The van der Waals surface area contributed by atoms with E-state index >= 15 is 0 Å². The number of carbonyl (C=O) groups excluding carboxylic acids is 1. The smallest absolute Gasteiger partial charge is 0.236 e. The maximum atomic E-state index is 11.4. The summed E-state index contributed by atoms with van der Waals surface area (Å²) < 4.78 is 5.07. The van der Waals surface area contributed by atoms with Crippen LogP contribution in [0, 0.1) is 6.92 Å². The predicted octanol–water partition coefficient (Wildman–Crippen LogP) is 2.26. The van der Waals surface area contributed by atoms with E-state index in [1.807, 2.05) is 25.1 Å². The van der Waals surface area contributed by atoms with E-state index in [1.165, 1.54) is 0 Å². The van der Waals surface area contributed by atoms with Gasteiger partial charge in [0, 0.05) is 5.69 Å². The number of nitrogens with one attached hydrogen (secondary N) is 1. The Labute approximate surface area is 95.2 Å². The quantitative estimate of drug-likeness (QED) is 0.774. The van der Waals surface area contributed by atoms with Crippen molar-refractivity contribution < 1.29 is 9.53 Å². The molecular formula is C11H15NO2S. The molecule has 1 aromatic carbocycles. The van der Waals surface area contributed by atoms with Gasteiger partial charge in [-0.1, -0.05) is 0 Å². The van der Waals surface area contributed by atoms with Crippen molar-refractivity contribution in [2.45, 2.75) is 19.1 Å². The van der Waals surface area contributed by atoms with Crippen LogP contribution in [0.5, 0.6) is 5.75 Å². The number of hydrogen-bond donors (Lipinski definition) is 2. The lowest BCUT2D eigenvalue weighted by atomic mass is 10.2. The van der Waals surface area contributed by atoms with E-state index in [0.29, 0.717) is 0 Å². The Bertz CT molecular complexity index is 364. The fourth-order valence-corrected chi connectivity index (χ4v) is 1.21. The first-order valence-electron chi connectivity index (χ1n) is 4.68. The van der Waals surface area contributed by atoms with Crippen molar-refractivity contribution in [1.29, 1.82) is 0 Å². The first kappa shape index (κ1) is 11.9. The van der Waals surface area contributed by atoms with Gasteiger partial charge in [0.1, 0.15) is 5.75 Å². The van der Waals surface area contributed by atoms with Crippen LogP contribution >= 0.6 is 12.6 Å². The Morgan fingerprint density at radius 3 is 2.67 bits per heavy atom. The molecule has 0 radical (unpaired) electrons. The van der Waals surface area contributed by atoms with Crippen molar-refractivity contribution >= 4 is 24.2 Å². The summed E-state index contributed by atoms with van der Waals surface area (Å²) in [5.41, 5.74) is 1.76. The largest absolute Gasteiger partial charge is 0.497 e. The van der Waals surface area contributed by atoms with Gasteiger partial charge in [-0.15, -0.1) is 0 Å². The van der Waals surface area contributed by atoms with Gasteiger partial charge in [-0.05, 0) is 37.6 Å². The van der Waals surface area contributed by atoms with Crippen molar-refractivity contribution in [2.24, 2.45) is 0 Å². The number of thiol groups is 1. The van der Waals surface area contributed by atoms with E-state index in [2.05, 4.69) is 17.9 Å². The number of aryl methyl sites for hydroxylation is 1. The van der Waals surface area contributed by atoms with Crippen molar-refractivity contribution in [3.05, 3.63) is 23.8 Å². The van der Waals surface area contributed by atoms with Gasteiger partial charge in [-0.2, -0.15) is 12.6 Å². The number of hydrogen-bond acceptors (Lipinski definition) is 3. The van der Waals surface area contributed by atoms with Crippen LogP contribution < -0.4 is 10.1 Å². The van der Waals surface area contributed by atoms with Crippen molar-refractivity contribution in [2.75, 3.05) is 12.4 Å². The highest BCUT2D eigenvalue weighted by molar-refractivity contribution is 7.81. The minimum atomic E-state index is -0.313. The van der Waals surface area contributed by atoms with Crippen LogP contribution in [0.15, 0.2) is 18.2 Å². The number of methoxy groups -OCH3 is 1. The van der Waals surface area contributed by atoms with Gasteiger partial charge in [0.25, 0.3) is 0 Å². The monoisotopic (exact) mass is 225 g/mol. The summed E-state index contributed by atoms with van der Waals surface area (Å²) in [6, 6.07) is 5.51. The summed E-state index contributed by atoms with van der Waals surface area (Å²) in [6.07, 6.45) is 0. The van der Waals surface area contributed by atoms with Crippen molar-refractivity contribution in [1.82, 2.24) is 0 Å². The number of anilines is 1. The number of ether oxygens (including phenoxy) is 1. The van der Waals surface area contributed by atoms with Crippen LogP contribution in [0.1, 0.15) is 12.5 Å². The molecule has 0 saturated heterocycles. The average molecular weight is 225 g/mol. The van der Waals surface area contributed by atoms with Crippen LogP contribution in [0.3, 0.4) is 0 Å². The Morgan fingerprint density at radius 2 is 2.20 bits per heavy atom. The molecule has 3 nitrogen and oxygen atoms in total. The third-order valence-corrected chi connectivity index (χ3v) is 2.31. The standard InChI is InChI=1S/C11H15NO2S/c1-7-6-9(14-3)4-5-10(7)12-11(13)8(2)15/h4-6,8,15H,1-3H3,(H,12,13). The number of carbonyl (C=O) groups is 1. The molecule has 1 aromatic rings. The molecule has 0 bridgehead atoms. The highest BCUT2D eigenvalue weighted by atomic mass is 32.1. The zero-order chi connectivity index (χ0) is 11.4. The molecule has 0 saturated carbocycles. The summed E-state index contributed by atoms with van der Waals surface area (Å²) in [4.78, 5) is 11.4. The van der Waals surface area contributed by atoms with E-state index in [4.69, 9.17) is 4.74 Å². The minimum Gasteiger partial charge on any atom is -0.497 e. The summed E-state index contributed by atoms with van der Waals surface area (Å²) >= 11 is 4.06. The summed E-state index contributed by atoms with van der Waals surface area (Å²) in [6.45, 7) is 3.65. The lowest BCUT2D eigenvalue weighted by molar-refractivity contribution is -0.115. The molecular weight excluding hydrogens is 210 g/mol. The number of rotatable bonds is 3. The lowest BCUT2D eigenvalue weighted by Crippen LogP contribution is -2.20. The predicted molar refractivity (Wildman–Crippen MR) is 64.8 cm³/mol. The third-order valence-electron chi connectivity index (χ3n) is 2.07. The molecule has 0 aliphatic carbocycles. The topological polar surface area (TPSA) is 38.3 Å². The SMILES string of the molecule is COc1ccc(NC(=O)C(C)S)c(C)c1. The molecule has 1 N–H and O–H groups in total. The second-order valence-corrected chi connectivity index (χ2v) is 4.12. The van der Waals surface area contributed by atoms with Gasteiger partial charge in [-0.3, -0.25) is 4.79 Å². The first-order valence-corrected chi connectivity index (χ1v) is 5.20. The molecule has 0 fully saturated rings. The van der Waals surface area contributed by atoms with Crippen molar-refractivity contribution in [3.8, 4) is 5.75 Å². The molecule has 0 aromatic heterocycles. The maximum Gasteiger partial charge on any atom is 0.236 e. The van der Waals surface area contributed by atoms with E-state index in [9.17, 15) is 4.79 Å². The van der Waals surface area contributed by atoms with Crippen LogP contribution in [-0.2, 0) is 4.79 Å². The molecule has 82 valence electrons. The van der Waals surface area contributed by atoms with Gasteiger partial charge in [-0.25, -0.2) is 0 Å². The molecule has 1 atom stereocenters. The van der Waals surface area contributed by atoms with Gasteiger partial charge >= 0.3 is 0 Å². The second-order valence-electron chi connectivity index (χ2n) is 3.35. The van der Waals surface area contributed by atoms with Crippen molar-refractivity contribution in [3.63, 3.8) is 0 Å². The lowest BCUT2D eigenvalue weighted by Gasteiger charge is -2.11. The molecule has 0 aliphatic rings. The Kier molecular flexibility index (Phi) is 4.03. The summed E-state index contributed by atoms with van der Waals surface area (Å²) in [5, 5.41) is 2.48.